The third-order valence-corrected chi connectivity index (χ3v) is 6.01. The van der Waals surface area contributed by atoms with Crippen molar-refractivity contribution in [1.82, 2.24) is 10.2 Å². The van der Waals surface area contributed by atoms with Crippen molar-refractivity contribution in [3.63, 3.8) is 0 Å². The fourth-order valence-corrected chi connectivity index (χ4v) is 4.30. The SMILES string of the molecule is O=C(NCc1cccc(F)c1)c1cccc(CN2CCC(Cc3ccccc3)CC2)c1. The van der Waals surface area contributed by atoms with Crippen molar-refractivity contribution in [2.75, 3.05) is 13.1 Å². The topological polar surface area (TPSA) is 32.3 Å². The molecule has 0 bridgehead atoms. The molecule has 1 heterocycles. The zero-order chi connectivity index (χ0) is 21.5. The number of amides is 1. The molecule has 0 saturated carbocycles. The van der Waals surface area contributed by atoms with E-state index in [2.05, 4.69) is 46.6 Å². The number of carbonyl (C=O) groups excluding carboxylic acids is 1. The molecular formula is C27H29FN2O. The lowest BCUT2D eigenvalue weighted by molar-refractivity contribution is 0.0950. The Labute approximate surface area is 183 Å². The second-order valence-corrected chi connectivity index (χ2v) is 8.42. The van der Waals surface area contributed by atoms with Gasteiger partial charge in [-0.05, 0) is 79.2 Å². The Balaban J connectivity index is 1.27. The van der Waals surface area contributed by atoms with Crippen molar-refractivity contribution in [1.29, 1.82) is 0 Å². The summed E-state index contributed by atoms with van der Waals surface area (Å²) in [5.41, 5.74) is 3.98. The van der Waals surface area contributed by atoms with E-state index in [0.717, 1.165) is 43.1 Å². The van der Waals surface area contributed by atoms with Crippen molar-refractivity contribution >= 4 is 5.91 Å². The maximum Gasteiger partial charge on any atom is 0.251 e. The molecule has 4 rings (SSSR count). The van der Waals surface area contributed by atoms with Crippen molar-refractivity contribution < 1.29 is 9.18 Å². The summed E-state index contributed by atoms with van der Waals surface area (Å²) in [6.45, 7) is 3.36. The van der Waals surface area contributed by atoms with Crippen LogP contribution in [0.25, 0.3) is 0 Å². The molecule has 160 valence electrons. The quantitative estimate of drug-likeness (QED) is 0.573. The zero-order valence-corrected chi connectivity index (χ0v) is 17.8. The highest BCUT2D eigenvalue weighted by Gasteiger charge is 2.19. The number of nitrogens with zero attached hydrogens (tertiary/aromatic N) is 1. The molecule has 1 fully saturated rings. The Morgan fingerprint density at radius 1 is 0.871 bits per heavy atom. The fraction of sp³-hybridized carbons (Fsp3) is 0.296. The zero-order valence-electron chi connectivity index (χ0n) is 17.8. The van der Waals surface area contributed by atoms with Gasteiger partial charge in [-0.1, -0.05) is 54.6 Å². The van der Waals surface area contributed by atoms with E-state index >= 15 is 0 Å². The van der Waals surface area contributed by atoms with Gasteiger partial charge in [0.1, 0.15) is 5.82 Å². The molecule has 0 unspecified atom stereocenters. The van der Waals surface area contributed by atoms with E-state index in [1.807, 2.05) is 18.2 Å². The van der Waals surface area contributed by atoms with Crippen LogP contribution in [-0.2, 0) is 19.5 Å². The highest BCUT2D eigenvalue weighted by atomic mass is 19.1. The van der Waals surface area contributed by atoms with Crippen molar-refractivity contribution in [3.8, 4) is 0 Å². The molecule has 3 nitrogen and oxygen atoms in total. The van der Waals surface area contributed by atoms with Crippen LogP contribution >= 0.6 is 0 Å². The highest BCUT2D eigenvalue weighted by molar-refractivity contribution is 5.94. The first-order valence-corrected chi connectivity index (χ1v) is 11.0. The number of rotatable bonds is 7. The Hall–Kier alpha value is -2.98. The van der Waals surface area contributed by atoms with E-state index in [-0.39, 0.29) is 11.7 Å². The number of hydrogen-bond acceptors (Lipinski definition) is 2. The van der Waals surface area contributed by atoms with E-state index < -0.39 is 0 Å². The first-order valence-electron chi connectivity index (χ1n) is 11.0. The van der Waals surface area contributed by atoms with E-state index in [1.165, 1.54) is 30.5 Å². The van der Waals surface area contributed by atoms with Gasteiger partial charge < -0.3 is 5.32 Å². The van der Waals surface area contributed by atoms with Crippen molar-refractivity contribution in [2.24, 2.45) is 5.92 Å². The number of piperidine rings is 1. The van der Waals surface area contributed by atoms with Gasteiger partial charge in [-0.25, -0.2) is 4.39 Å². The maximum atomic E-state index is 13.3. The van der Waals surface area contributed by atoms with Crippen LogP contribution in [0.3, 0.4) is 0 Å². The standard InChI is InChI=1S/C27H29FN2O/c28-26-11-5-8-23(18-26)19-29-27(31)25-10-4-9-24(17-25)20-30-14-12-22(13-15-30)16-21-6-2-1-3-7-21/h1-11,17-18,22H,12-16,19-20H2,(H,29,31). The van der Waals surface area contributed by atoms with Gasteiger partial charge >= 0.3 is 0 Å². The average molecular weight is 417 g/mol. The number of benzene rings is 3. The fourth-order valence-electron chi connectivity index (χ4n) is 4.30. The molecule has 1 N–H and O–H groups in total. The van der Waals surface area contributed by atoms with Crippen LogP contribution in [0.5, 0.6) is 0 Å². The second-order valence-electron chi connectivity index (χ2n) is 8.42. The molecule has 0 radical (unpaired) electrons. The third-order valence-electron chi connectivity index (χ3n) is 6.01. The molecule has 3 aromatic carbocycles. The summed E-state index contributed by atoms with van der Waals surface area (Å²) in [6.07, 6.45) is 3.58. The molecule has 1 amide bonds. The molecule has 1 aliphatic heterocycles. The lowest BCUT2D eigenvalue weighted by Crippen LogP contribution is -2.34. The first-order chi connectivity index (χ1) is 15.2. The van der Waals surface area contributed by atoms with Crippen LogP contribution in [0.2, 0.25) is 0 Å². The van der Waals surface area contributed by atoms with Crippen LogP contribution in [0.15, 0.2) is 78.9 Å². The van der Waals surface area contributed by atoms with Gasteiger partial charge in [0.15, 0.2) is 0 Å². The predicted molar refractivity (Wildman–Crippen MR) is 122 cm³/mol. The molecule has 0 spiro atoms. The van der Waals surface area contributed by atoms with Gasteiger partial charge in [-0.15, -0.1) is 0 Å². The lowest BCUT2D eigenvalue weighted by Gasteiger charge is -2.32. The van der Waals surface area contributed by atoms with Crippen molar-refractivity contribution in [2.45, 2.75) is 32.4 Å². The summed E-state index contributed by atoms with van der Waals surface area (Å²) in [7, 11) is 0. The molecule has 1 saturated heterocycles. The van der Waals surface area contributed by atoms with Gasteiger partial charge in [0.05, 0.1) is 0 Å². The minimum atomic E-state index is -0.290. The Morgan fingerprint density at radius 3 is 2.35 bits per heavy atom. The molecule has 0 atom stereocenters. The first kappa shape index (κ1) is 21.3. The minimum Gasteiger partial charge on any atom is -0.348 e. The van der Waals surface area contributed by atoms with Gasteiger partial charge in [0.2, 0.25) is 0 Å². The molecule has 3 aromatic rings. The predicted octanol–water partition coefficient (Wildman–Crippen LogP) is 5.21. The van der Waals surface area contributed by atoms with E-state index in [4.69, 9.17) is 0 Å². The number of carbonyl (C=O) groups is 1. The summed E-state index contributed by atoms with van der Waals surface area (Å²) in [4.78, 5) is 15.0. The number of likely N-dealkylation sites (tertiary alicyclic amines) is 1. The van der Waals surface area contributed by atoms with Crippen LogP contribution in [0.1, 0.15) is 39.9 Å². The van der Waals surface area contributed by atoms with E-state index in [9.17, 15) is 9.18 Å². The number of halogens is 1. The Bertz CT molecular complexity index is 997. The van der Waals surface area contributed by atoms with Crippen LogP contribution in [0.4, 0.5) is 4.39 Å². The van der Waals surface area contributed by atoms with Gasteiger partial charge in [-0.3, -0.25) is 9.69 Å². The molecule has 31 heavy (non-hydrogen) atoms. The molecule has 0 aliphatic carbocycles. The largest absolute Gasteiger partial charge is 0.348 e. The van der Waals surface area contributed by atoms with Crippen LogP contribution < -0.4 is 5.32 Å². The summed E-state index contributed by atoms with van der Waals surface area (Å²) in [6, 6.07) is 24.9. The maximum absolute atomic E-state index is 13.3. The normalized spacial score (nSPS) is 15.0. The molecule has 1 aliphatic rings. The summed E-state index contributed by atoms with van der Waals surface area (Å²) >= 11 is 0. The monoisotopic (exact) mass is 416 g/mol. The van der Waals surface area contributed by atoms with Crippen molar-refractivity contribution in [3.05, 3.63) is 107 Å². The average Bonchev–Trinajstić information content (AvgIpc) is 2.80. The highest BCUT2D eigenvalue weighted by Crippen LogP contribution is 2.23. The van der Waals surface area contributed by atoms with E-state index in [0.29, 0.717) is 12.1 Å². The Kier molecular flexibility index (Phi) is 7.11. The second kappa shape index (κ2) is 10.4. The van der Waals surface area contributed by atoms with Crippen LogP contribution in [0, 0.1) is 11.7 Å². The van der Waals surface area contributed by atoms with Crippen LogP contribution in [-0.4, -0.2) is 23.9 Å². The minimum absolute atomic E-state index is 0.132. The molecule has 0 aromatic heterocycles. The number of nitrogens with one attached hydrogen (secondary N) is 1. The Morgan fingerprint density at radius 2 is 1.58 bits per heavy atom. The molecule has 4 heteroatoms. The van der Waals surface area contributed by atoms with E-state index in [1.54, 1.807) is 12.1 Å². The smallest absolute Gasteiger partial charge is 0.251 e. The summed E-state index contributed by atoms with van der Waals surface area (Å²) in [5, 5.41) is 2.88. The third kappa shape index (κ3) is 6.25. The molecular weight excluding hydrogens is 387 g/mol. The number of hydrogen-bond donors (Lipinski definition) is 1. The van der Waals surface area contributed by atoms with Gasteiger partial charge in [0, 0.05) is 18.7 Å². The van der Waals surface area contributed by atoms with Gasteiger partial charge in [-0.2, -0.15) is 0 Å². The summed E-state index contributed by atoms with van der Waals surface area (Å²) in [5.74, 6) is 0.326. The van der Waals surface area contributed by atoms with Gasteiger partial charge in [0.25, 0.3) is 5.91 Å². The summed E-state index contributed by atoms with van der Waals surface area (Å²) < 4.78 is 13.3. The lowest BCUT2D eigenvalue weighted by atomic mass is 9.90.